The molecule has 1 heterocycles. The maximum Gasteiger partial charge on any atom is 0.312 e. The Morgan fingerprint density at radius 2 is 2.22 bits per heavy atom. The Hall–Kier alpha value is -2.51. The van der Waals surface area contributed by atoms with Gasteiger partial charge in [0.15, 0.2) is 0 Å². The summed E-state index contributed by atoms with van der Waals surface area (Å²) in [6, 6.07) is 0. The van der Waals surface area contributed by atoms with E-state index in [1.807, 2.05) is 6.08 Å². The van der Waals surface area contributed by atoms with Crippen LogP contribution >= 0.6 is 0 Å². The smallest absolute Gasteiger partial charge is 0.312 e. The van der Waals surface area contributed by atoms with Gasteiger partial charge >= 0.3 is 5.97 Å². The van der Waals surface area contributed by atoms with Gasteiger partial charge < -0.3 is 10.1 Å². The molecule has 2 bridgehead atoms. The topological polar surface area (TPSA) is 73.2 Å². The molecule has 3 unspecified atom stereocenters. The zero-order valence-electron chi connectivity index (χ0n) is 15.2. The number of hydrogen-bond acceptors (Lipinski definition) is 4. The number of carbonyl (C=O) groups is 2. The summed E-state index contributed by atoms with van der Waals surface area (Å²) in [4.78, 5) is 25.5. The number of amides is 1. The monoisotopic (exact) mass is 377 g/mol. The van der Waals surface area contributed by atoms with Gasteiger partial charge in [0, 0.05) is 13.2 Å². The van der Waals surface area contributed by atoms with E-state index in [0.29, 0.717) is 6.42 Å². The van der Waals surface area contributed by atoms with Crippen molar-refractivity contribution in [2.24, 2.45) is 18.9 Å². The van der Waals surface area contributed by atoms with Crippen LogP contribution < -0.4 is 5.32 Å². The van der Waals surface area contributed by atoms with Crippen LogP contribution in [0.5, 0.6) is 0 Å². The average Bonchev–Trinajstić information content (AvgIpc) is 3.30. The van der Waals surface area contributed by atoms with Crippen molar-refractivity contribution in [3.05, 3.63) is 40.8 Å². The molecule has 0 aromatic carbocycles. The van der Waals surface area contributed by atoms with E-state index in [1.54, 1.807) is 0 Å². The van der Waals surface area contributed by atoms with Crippen molar-refractivity contribution in [2.45, 2.75) is 37.6 Å². The summed E-state index contributed by atoms with van der Waals surface area (Å²) in [6.45, 7) is 0. The van der Waals surface area contributed by atoms with Crippen LogP contribution in [0.2, 0.25) is 0 Å². The van der Waals surface area contributed by atoms with Gasteiger partial charge in [-0.15, -0.1) is 0 Å². The van der Waals surface area contributed by atoms with E-state index in [9.17, 15) is 18.4 Å². The minimum absolute atomic E-state index is 0.00670. The van der Waals surface area contributed by atoms with Gasteiger partial charge in [0.25, 0.3) is 12.3 Å². The third-order valence-corrected chi connectivity index (χ3v) is 6.03. The summed E-state index contributed by atoms with van der Waals surface area (Å²) in [5, 5.41) is 6.66. The minimum Gasteiger partial charge on any atom is -0.469 e. The molecule has 0 spiro atoms. The summed E-state index contributed by atoms with van der Waals surface area (Å²) >= 11 is 0. The number of aromatic nitrogens is 2. The zero-order chi connectivity index (χ0) is 19.3. The number of nitrogens with zero attached hydrogens (tertiary/aromatic N) is 2. The summed E-state index contributed by atoms with van der Waals surface area (Å²) in [7, 11) is 2.83. The number of hydrogen-bond donors (Lipinski definition) is 1. The predicted octanol–water partition coefficient (Wildman–Crippen LogP) is 2.69. The molecule has 1 fully saturated rings. The lowest BCUT2D eigenvalue weighted by Crippen LogP contribution is -2.54. The molecule has 3 aliphatic rings. The van der Waals surface area contributed by atoms with Crippen LogP contribution in [0.3, 0.4) is 0 Å². The molecule has 27 heavy (non-hydrogen) atoms. The van der Waals surface area contributed by atoms with E-state index in [0.717, 1.165) is 30.4 Å². The molecule has 4 rings (SSSR count). The first kappa shape index (κ1) is 17.9. The molecule has 144 valence electrons. The third-order valence-electron chi connectivity index (χ3n) is 6.03. The van der Waals surface area contributed by atoms with Gasteiger partial charge in [-0.2, -0.15) is 5.10 Å². The Balaban J connectivity index is 1.74. The first-order valence-electron chi connectivity index (χ1n) is 9.01. The van der Waals surface area contributed by atoms with Gasteiger partial charge in [0.1, 0.15) is 5.69 Å². The molecule has 3 aliphatic carbocycles. The fourth-order valence-corrected chi connectivity index (χ4v) is 5.05. The van der Waals surface area contributed by atoms with Crippen LogP contribution in [0.4, 0.5) is 8.78 Å². The Labute approximate surface area is 155 Å². The number of ether oxygens (including phenoxy) is 1. The highest BCUT2D eigenvalue weighted by Gasteiger charge is 2.62. The molecule has 1 amide bonds. The van der Waals surface area contributed by atoms with Crippen molar-refractivity contribution in [3.63, 3.8) is 0 Å². The number of aryl methyl sites for hydroxylation is 1. The molecular weight excluding hydrogens is 356 g/mol. The molecule has 0 aliphatic heterocycles. The SMILES string of the molecule is COC(=O)C1C2CCC1(NC(=O)c1cn(C)nc1C(F)F)C1=C2C=CCC1. The van der Waals surface area contributed by atoms with Gasteiger partial charge in [0.2, 0.25) is 0 Å². The molecule has 1 aromatic rings. The van der Waals surface area contributed by atoms with Crippen molar-refractivity contribution in [3.8, 4) is 0 Å². The predicted molar refractivity (Wildman–Crippen MR) is 92.0 cm³/mol. The lowest BCUT2D eigenvalue weighted by Gasteiger charge is -2.36. The molecule has 6 nitrogen and oxygen atoms in total. The van der Waals surface area contributed by atoms with Crippen LogP contribution in [0.25, 0.3) is 0 Å². The summed E-state index contributed by atoms with van der Waals surface area (Å²) in [6.07, 6.45) is 5.45. The largest absolute Gasteiger partial charge is 0.469 e. The number of methoxy groups -OCH3 is 1. The number of carbonyl (C=O) groups excluding carboxylic acids is 2. The maximum atomic E-state index is 13.3. The lowest BCUT2D eigenvalue weighted by atomic mass is 9.79. The summed E-state index contributed by atoms with van der Waals surface area (Å²) < 4.78 is 32.8. The average molecular weight is 377 g/mol. The van der Waals surface area contributed by atoms with E-state index in [-0.39, 0.29) is 17.5 Å². The van der Waals surface area contributed by atoms with Crippen molar-refractivity contribution in [1.82, 2.24) is 15.1 Å². The highest BCUT2D eigenvalue weighted by atomic mass is 19.3. The third kappa shape index (κ3) is 2.53. The Bertz CT molecular complexity index is 874. The molecule has 8 heteroatoms. The maximum absolute atomic E-state index is 13.3. The normalized spacial score (nSPS) is 28.6. The van der Waals surface area contributed by atoms with Crippen LogP contribution in [0.15, 0.2) is 29.5 Å². The first-order chi connectivity index (χ1) is 12.9. The fourth-order valence-electron chi connectivity index (χ4n) is 5.05. The highest BCUT2D eigenvalue weighted by molar-refractivity contribution is 5.97. The van der Waals surface area contributed by atoms with Crippen LogP contribution in [0, 0.1) is 11.8 Å². The molecule has 3 atom stereocenters. The van der Waals surface area contributed by atoms with Gasteiger partial charge in [0.05, 0.1) is 24.1 Å². The van der Waals surface area contributed by atoms with Gasteiger partial charge in [-0.3, -0.25) is 14.3 Å². The number of halogens is 2. The lowest BCUT2D eigenvalue weighted by molar-refractivity contribution is -0.147. The second-order valence-corrected chi connectivity index (χ2v) is 7.35. The second-order valence-electron chi connectivity index (χ2n) is 7.35. The molecule has 0 radical (unpaired) electrons. The Kier molecular flexibility index (Phi) is 4.16. The number of esters is 1. The molecular formula is C19H21F2N3O3. The van der Waals surface area contributed by atoms with E-state index < -0.39 is 29.5 Å². The van der Waals surface area contributed by atoms with Gasteiger partial charge in [-0.05, 0) is 42.7 Å². The van der Waals surface area contributed by atoms with Crippen LogP contribution in [-0.2, 0) is 16.6 Å². The van der Waals surface area contributed by atoms with Crippen molar-refractivity contribution in [1.29, 1.82) is 0 Å². The fraction of sp³-hybridized carbons (Fsp3) is 0.526. The van der Waals surface area contributed by atoms with Gasteiger partial charge in [-0.25, -0.2) is 8.78 Å². The molecule has 1 saturated carbocycles. The van der Waals surface area contributed by atoms with Crippen LogP contribution in [0.1, 0.15) is 48.2 Å². The standard InChI is InChI=1S/C19H21F2N3O3/c1-24-9-12(15(23-24)16(20)21)17(25)22-19-8-7-11(14(19)18(26)27-2)10-5-3-4-6-13(10)19/h3,5,9,11,14,16H,4,6-8H2,1-2H3,(H,22,25). The number of rotatable bonds is 4. The minimum atomic E-state index is -2.85. The molecule has 1 N–H and O–H groups in total. The summed E-state index contributed by atoms with van der Waals surface area (Å²) in [5.74, 6) is -1.53. The van der Waals surface area contributed by atoms with Crippen LogP contribution in [-0.4, -0.2) is 34.3 Å². The first-order valence-corrected chi connectivity index (χ1v) is 9.01. The molecule has 0 saturated heterocycles. The van der Waals surface area contributed by atoms with E-state index in [2.05, 4.69) is 16.5 Å². The second kappa shape index (κ2) is 6.28. The summed E-state index contributed by atoms with van der Waals surface area (Å²) in [5.41, 5.74) is 0.543. The van der Waals surface area contributed by atoms with Crippen molar-refractivity contribution < 1.29 is 23.1 Å². The van der Waals surface area contributed by atoms with E-state index >= 15 is 0 Å². The van der Waals surface area contributed by atoms with E-state index in [4.69, 9.17) is 4.74 Å². The van der Waals surface area contributed by atoms with Gasteiger partial charge in [-0.1, -0.05) is 12.2 Å². The highest BCUT2D eigenvalue weighted by Crippen LogP contribution is 2.58. The number of alkyl halides is 2. The quantitative estimate of drug-likeness (QED) is 0.819. The molecule has 1 aromatic heterocycles. The number of allylic oxidation sites excluding steroid dienone is 3. The van der Waals surface area contributed by atoms with Crippen molar-refractivity contribution in [2.75, 3.05) is 7.11 Å². The number of fused-ring (bicyclic) bond motifs is 4. The van der Waals surface area contributed by atoms with Crippen molar-refractivity contribution >= 4 is 11.9 Å². The Morgan fingerprint density at radius 3 is 2.93 bits per heavy atom. The number of nitrogens with one attached hydrogen (secondary N) is 1. The Morgan fingerprint density at radius 1 is 1.44 bits per heavy atom. The van der Waals surface area contributed by atoms with E-state index in [1.165, 1.54) is 25.0 Å². The zero-order valence-corrected chi connectivity index (χ0v) is 15.2.